The van der Waals surface area contributed by atoms with Crippen LogP contribution < -0.4 is 0 Å². The summed E-state index contributed by atoms with van der Waals surface area (Å²) >= 11 is 0. The van der Waals surface area contributed by atoms with Gasteiger partial charge in [0.1, 0.15) is 0 Å². The van der Waals surface area contributed by atoms with E-state index in [0.717, 1.165) is 6.08 Å². The minimum Gasteiger partial charge on any atom is -0.502 e. The number of cyclic esters (lactones) is 1. The lowest BCUT2D eigenvalue weighted by Crippen LogP contribution is -2.29. The Balaban J connectivity index is 2.90. The van der Waals surface area contributed by atoms with Crippen molar-refractivity contribution < 1.29 is 19.4 Å². The topological polar surface area (TPSA) is 63.6 Å². The summed E-state index contributed by atoms with van der Waals surface area (Å²) in [6.45, 7) is 1.45. The fraction of sp³-hybridized carbons (Fsp3) is 0.333. The number of carbonyl (C=O) groups is 2. The molecule has 4 heteroatoms. The van der Waals surface area contributed by atoms with E-state index >= 15 is 0 Å². The van der Waals surface area contributed by atoms with Crippen LogP contribution in [0.5, 0.6) is 0 Å². The molecule has 1 unspecified atom stereocenters. The number of hydrogen-bond donors (Lipinski definition) is 1. The predicted octanol–water partition coefficient (Wildman–Crippen LogP) is -0.0573. The van der Waals surface area contributed by atoms with Gasteiger partial charge in [-0.05, 0) is 6.92 Å². The third-order valence-electron chi connectivity index (χ3n) is 1.17. The van der Waals surface area contributed by atoms with Gasteiger partial charge in [-0.15, -0.1) is 0 Å². The molecule has 10 heavy (non-hydrogen) atoms. The number of carbonyl (C=O) groups excluding carboxylic acids is 2. The minimum absolute atomic E-state index is 0.392. The SMILES string of the molecule is CC1OC(=O)C(O)=CC1=O. The molecule has 0 amide bonds. The van der Waals surface area contributed by atoms with Gasteiger partial charge in [-0.3, -0.25) is 4.79 Å². The molecule has 1 N–H and O–H groups in total. The van der Waals surface area contributed by atoms with Gasteiger partial charge < -0.3 is 9.84 Å². The van der Waals surface area contributed by atoms with Crippen molar-refractivity contribution in [3.05, 3.63) is 11.8 Å². The molecule has 0 fully saturated rings. The van der Waals surface area contributed by atoms with Gasteiger partial charge in [-0.25, -0.2) is 4.79 Å². The quantitative estimate of drug-likeness (QED) is 0.481. The lowest BCUT2D eigenvalue weighted by molar-refractivity contribution is -0.153. The maximum atomic E-state index is 10.6. The fourth-order valence-electron chi connectivity index (χ4n) is 0.590. The van der Waals surface area contributed by atoms with Crippen LogP contribution in [0, 0.1) is 0 Å². The zero-order chi connectivity index (χ0) is 7.72. The van der Waals surface area contributed by atoms with E-state index in [2.05, 4.69) is 4.74 Å². The normalized spacial score (nSPS) is 25.7. The Kier molecular flexibility index (Phi) is 1.45. The summed E-state index contributed by atoms with van der Waals surface area (Å²) in [5.41, 5.74) is 0. The Morgan fingerprint density at radius 3 is 2.70 bits per heavy atom. The monoisotopic (exact) mass is 142 g/mol. The van der Waals surface area contributed by atoms with Crippen molar-refractivity contribution in [3.63, 3.8) is 0 Å². The summed E-state index contributed by atoms with van der Waals surface area (Å²) in [7, 11) is 0. The molecular weight excluding hydrogens is 136 g/mol. The Hall–Kier alpha value is -1.32. The second-order valence-corrected chi connectivity index (χ2v) is 1.98. The van der Waals surface area contributed by atoms with E-state index in [-0.39, 0.29) is 0 Å². The van der Waals surface area contributed by atoms with Crippen molar-refractivity contribution in [2.24, 2.45) is 0 Å². The molecule has 0 saturated carbocycles. The van der Waals surface area contributed by atoms with E-state index in [1.165, 1.54) is 6.92 Å². The molecule has 0 aromatic heterocycles. The third-order valence-corrected chi connectivity index (χ3v) is 1.17. The first-order chi connectivity index (χ1) is 4.61. The van der Waals surface area contributed by atoms with Gasteiger partial charge in [0.15, 0.2) is 11.9 Å². The zero-order valence-corrected chi connectivity index (χ0v) is 5.33. The van der Waals surface area contributed by atoms with Gasteiger partial charge in [0.05, 0.1) is 0 Å². The Labute approximate surface area is 57.1 Å². The maximum Gasteiger partial charge on any atom is 0.374 e. The highest BCUT2D eigenvalue weighted by molar-refractivity contribution is 6.04. The highest BCUT2D eigenvalue weighted by Crippen LogP contribution is 2.07. The average Bonchev–Trinajstić information content (AvgIpc) is 1.84. The largest absolute Gasteiger partial charge is 0.502 e. The van der Waals surface area contributed by atoms with Crippen molar-refractivity contribution in [1.29, 1.82) is 0 Å². The number of rotatable bonds is 0. The van der Waals surface area contributed by atoms with Crippen molar-refractivity contribution in [2.45, 2.75) is 13.0 Å². The van der Waals surface area contributed by atoms with Crippen LogP contribution >= 0.6 is 0 Å². The molecule has 1 heterocycles. The van der Waals surface area contributed by atoms with E-state index in [0.29, 0.717) is 0 Å². The number of aliphatic hydroxyl groups excluding tert-OH is 1. The van der Waals surface area contributed by atoms with Crippen molar-refractivity contribution >= 4 is 11.8 Å². The first-order valence-corrected chi connectivity index (χ1v) is 2.77. The van der Waals surface area contributed by atoms with Crippen LogP contribution in [0.15, 0.2) is 11.8 Å². The van der Waals surface area contributed by atoms with Crippen LogP contribution in [0.25, 0.3) is 0 Å². The van der Waals surface area contributed by atoms with Crippen LogP contribution in [0.2, 0.25) is 0 Å². The van der Waals surface area contributed by atoms with Crippen LogP contribution in [-0.4, -0.2) is 23.0 Å². The third kappa shape index (κ3) is 1.00. The molecule has 0 spiro atoms. The molecule has 1 aliphatic heterocycles. The molecular formula is C6H6O4. The average molecular weight is 142 g/mol. The van der Waals surface area contributed by atoms with Crippen molar-refractivity contribution in [2.75, 3.05) is 0 Å². The first-order valence-electron chi connectivity index (χ1n) is 2.77. The second-order valence-electron chi connectivity index (χ2n) is 1.98. The Bertz CT molecular complexity index is 216. The van der Waals surface area contributed by atoms with Gasteiger partial charge in [-0.2, -0.15) is 0 Å². The van der Waals surface area contributed by atoms with E-state index in [1.807, 2.05) is 0 Å². The molecule has 0 bridgehead atoms. The highest BCUT2D eigenvalue weighted by Gasteiger charge is 2.25. The first kappa shape index (κ1) is 6.80. The summed E-state index contributed by atoms with van der Waals surface area (Å²) in [5.74, 6) is -1.85. The Morgan fingerprint density at radius 1 is 1.60 bits per heavy atom. The number of ether oxygens (including phenoxy) is 1. The van der Waals surface area contributed by atoms with Gasteiger partial charge in [0, 0.05) is 6.08 Å². The molecule has 1 atom stereocenters. The molecule has 0 aromatic rings. The molecule has 54 valence electrons. The summed E-state index contributed by atoms with van der Waals surface area (Å²) in [5, 5.41) is 8.63. The highest BCUT2D eigenvalue weighted by atomic mass is 16.6. The maximum absolute atomic E-state index is 10.6. The van der Waals surface area contributed by atoms with E-state index < -0.39 is 23.6 Å². The van der Waals surface area contributed by atoms with Crippen LogP contribution in [0.1, 0.15) is 6.92 Å². The van der Waals surface area contributed by atoms with E-state index in [4.69, 9.17) is 5.11 Å². The number of ketones is 1. The second kappa shape index (κ2) is 2.13. The van der Waals surface area contributed by atoms with Gasteiger partial charge in [0.25, 0.3) is 0 Å². The summed E-state index contributed by atoms with van der Waals surface area (Å²) in [6, 6.07) is 0. The number of hydrogen-bond acceptors (Lipinski definition) is 4. The zero-order valence-electron chi connectivity index (χ0n) is 5.33. The van der Waals surface area contributed by atoms with E-state index in [1.54, 1.807) is 0 Å². The summed E-state index contributed by atoms with van der Waals surface area (Å²) < 4.78 is 4.40. The van der Waals surface area contributed by atoms with Crippen LogP contribution in [0.4, 0.5) is 0 Å². The summed E-state index contributed by atoms with van der Waals surface area (Å²) in [6.07, 6.45) is 0.111. The number of aliphatic hydroxyl groups is 1. The predicted molar refractivity (Wildman–Crippen MR) is 31.3 cm³/mol. The molecule has 4 nitrogen and oxygen atoms in total. The van der Waals surface area contributed by atoms with Gasteiger partial charge >= 0.3 is 5.97 Å². The fourth-order valence-corrected chi connectivity index (χ4v) is 0.590. The molecule has 0 saturated heterocycles. The Morgan fingerprint density at radius 2 is 2.20 bits per heavy atom. The van der Waals surface area contributed by atoms with E-state index in [9.17, 15) is 9.59 Å². The molecule has 0 aromatic carbocycles. The molecule has 0 radical (unpaired) electrons. The molecule has 1 rings (SSSR count). The lowest BCUT2D eigenvalue weighted by atomic mass is 10.2. The lowest BCUT2D eigenvalue weighted by Gasteiger charge is -2.13. The summed E-state index contributed by atoms with van der Waals surface area (Å²) in [4.78, 5) is 21.1. The van der Waals surface area contributed by atoms with Crippen molar-refractivity contribution in [3.8, 4) is 0 Å². The van der Waals surface area contributed by atoms with Crippen molar-refractivity contribution in [1.82, 2.24) is 0 Å². The standard InChI is InChI=1S/C6H6O4/c1-3-4(7)2-5(8)6(9)10-3/h2-3,8H,1H3. The minimum atomic E-state index is -0.841. The molecule has 1 aliphatic rings. The van der Waals surface area contributed by atoms with Crippen LogP contribution in [0.3, 0.4) is 0 Å². The van der Waals surface area contributed by atoms with Crippen LogP contribution in [-0.2, 0) is 14.3 Å². The van der Waals surface area contributed by atoms with Gasteiger partial charge in [-0.1, -0.05) is 0 Å². The molecule has 0 aliphatic carbocycles. The van der Waals surface area contributed by atoms with Gasteiger partial charge in [0.2, 0.25) is 5.76 Å². The number of esters is 1. The smallest absolute Gasteiger partial charge is 0.374 e.